The van der Waals surface area contributed by atoms with Gasteiger partial charge in [0.2, 0.25) is 11.8 Å². The van der Waals surface area contributed by atoms with Crippen molar-refractivity contribution in [3.05, 3.63) is 94.2 Å². The molecule has 3 fully saturated rings. The number of hydrogen-bond acceptors (Lipinski definition) is 9. The molecule has 3 aliphatic carbocycles. The monoisotopic (exact) mass is 765 g/mol. The molecule has 2 saturated carbocycles. The average Bonchev–Trinajstić information content (AvgIpc) is 3.96. The summed E-state index contributed by atoms with van der Waals surface area (Å²) in [6.07, 6.45) is 7.34. The molecule has 0 unspecified atom stereocenters. The van der Waals surface area contributed by atoms with Crippen molar-refractivity contribution in [3.63, 3.8) is 0 Å². The SMILES string of the molecule is C=C[C@@H]1C[C@]1(NC(=O)[C@@H]1C[C@@H]2CN1C(=O)[C@H](C(C)(C)C)NC(=O)c1sccc1/C=C/COc1ccc3c(c1)/C(=N\O2)c1ccccc1-3)C(=O)NSC1CC1. The lowest BCUT2D eigenvalue weighted by atomic mass is 9.85. The van der Waals surface area contributed by atoms with Crippen LogP contribution in [-0.4, -0.2) is 76.4 Å². The second-order valence-corrected chi connectivity index (χ2v) is 17.6. The second kappa shape index (κ2) is 14.1. The molecule has 4 amide bonds. The minimum absolute atomic E-state index is 0.0441. The number of nitrogens with zero attached hydrogens (tertiary/aromatic N) is 2. The Hall–Kier alpha value is -4.88. The number of amides is 4. The maximum Gasteiger partial charge on any atom is 0.262 e. The molecule has 3 heterocycles. The third-order valence-electron chi connectivity index (χ3n) is 10.7. The van der Waals surface area contributed by atoms with Crippen LogP contribution in [0.1, 0.15) is 72.8 Å². The molecule has 3 aromatic rings. The Bertz CT molecular complexity index is 2100. The first-order chi connectivity index (χ1) is 26.0. The van der Waals surface area contributed by atoms with Crippen LogP contribution in [0.3, 0.4) is 0 Å². The van der Waals surface area contributed by atoms with E-state index in [1.807, 2.05) is 86.8 Å². The van der Waals surface area contributed by atoms with Crippen LogP contribution in [0.15, 0.2) is 77.8 Å². The molecule has 3 N–H and O–H groups in total. The summed E-state index contributed by atoms with van der Waals surface area (Å²) in [5.74, 6) is -1.16. The lowest BCUT2D eigenvalue weighted by Crippen LogP contribution is -2.59. The Labute approximate surface area is 322 Å². The highest BCUT2D eigenvalue weighted by atomic mass is 32.2. The Morgan fingerprint density at radius 2 is 1.87 bits per heavy atom. The molecule has 11 nitrogen and oxygen atoms in total. The molecule has 8 rings (SSSR count). The molecule has 0 radical (unpaired) electrons. The van der Waals surface area contributed by atoms with Gasteiger partial charge >= 0.3 is 0 Å². The summed E-state index contributed by atoms with van der Waals surface area (Å²) < 4.78 is 9.07. The summed E-state index contributed by atoms with van der Waals surface area (Å²) in [6.45, 7) is 9.84. The molecule has 1 saturated heterocycles. The first-order valence-corrected chi connectivity index (χ1v) is 20.1. The van der Waals surface area contributed by atoms with Gasteiger partial charge in [0.05, 0.1) is 11.4 Å². The smallest absolute Gasteiger partial charge is 0.262 e. The van der Waals surface area contributed by atoms with Gasteiger partial charge in [-0.25, -0.2) is 0 Å². The summed E-state index contributed by atoms with van der Waals surface area (Å²) in [6, 6.07) is 13.7. The first-order valence-electron chi connectivity index (χ1n) is 18.3. The number of benzene rings is 2. The predicted molar refractivity (Wildman–Crippen MR) is 210 cm³/mol. The normalized spacial score (nSPS) is 27.6. The zero-order chi connectivity index (χ0) is 37.8. The van der Waals surface area contributed by atoms with Gasteiger partial charge < -0.3 is 25.1 Å². The third-order valence-corrected chi connectivity index (χ3v) is 12.7. The van der Waals surface area contributed by atoms with Crippen molar-refractivity contribution < 1.29 is 28.8 Å². The van der Waals surface area contributed by atoms with Crippen molar-refractivity contribution in [1.82, 2.24) is 20.3 Å². The average molecular weight is 766 g/mol. The Balaban J connectivity index is 1.16. The molecule has 54 heavy (non-hydrogen) atoms. The number of fused-ring (bicyclic) bond motifs is 7. The number of nitrogens with one attached hydrogen (secondary N) is 3. The van der Waals surface area contributed by atoms with Gasteiger partial charge in [-0.05, 0) is 89.0 Å². The van der Waals surface area contributed by atoms with E-state index in [1.54, 1.807) is 6.08 Å². The van der Waals surface area contributed by atoms with Crippen molar-refractivity contribution in [2.24, 2.45) is 16.5 Å². The summed E-state index contributed by atoms with van der Waals surface area (Å²) in [7, 11) is 0. The summed E-state index contributed by atoms with van der Waals surface area (Å²) in [4.78, 5) is 64.7. The first kappa shape index (κ1) is 36.1. The zero-order valence-electron chi connectivity index (χ0n) is 30.4. The highest BCUT2D eigenvalue weighted by molar-refractivity contribution is 7.98. The highest BCUT2D eigenvalue weighted by Crippen LogP contribution is 2.46. The lowest BCUT2D eigenvalue weighted by molar-refractivity contribution is -0.142. The number of hydrogen-bond donors (Lipinski definition) is 3. The lowest BCUT2D eigenvalue weighted by Gasteiger charge is -2.35. The maximum atomic E-state index is 14.7. The van der Waals surface area contributed by atoms with Crippen LogP contribution in [-0.2, 0) is 19.2 Å². The topological polar surface area (TPSA) is 138 Å². The van der Waals surface area contributed by atoms with Crippen LogP contribution < -0.4 is 20.1 Å². The molecule has 1 aromatic heterocycles. The molecule has 2 aromatic carbocycles. The summed E-state index contributed by atoms with van der Waals surface area (Å²) in [5, 5.41) is 13.0. The van der Waals surface area contributed by atoms with Crippen LogP contribution in [0.5, 0.6) is 5.75 Å². The maximum absolute atomic E-state index is 14.7. The third kappa shape index (κ3) is 6.83. The number of rotatable bonds is 6. The van der Waals surface area contributed by atoms with Crippen molar-refractivity contribution in [1.29, 1.82) is 0 Å². The van der Waals surface area contributed by atoms with Gasteiger partial charge in [-0.2, -0.15) is 0 Å². The quantitative estimate of drug-likeness (QED) is 0.169. The van der Waals surface area contributed by atoms with E-state index in [2.05, 4.69) is 21.9 Å². The van der Waals surface area contributed by atoms with E-state index in [-0.39, 0.29) is 31.4 Å². The standard InChI is InChI=1S/C41H43N5O6S2/c1-5-24-21-41(24,39(50)45-54-27-13-14-27)43-36(47)32-20-26-22-46(32)38(49)35(40(2,3)4)42-37(48)34-23(16-18-53-34)9-8-17-51-25-12-15-29-28-10-6-7-11-30(28)33(44-52-26)31(29)19-25/h5-12,15-16,18-19,24,26-27,32,35H,1,13-14,17,20-22H2,2-4H3,(H,42,48)(H,43,47)(H,45,50)/b9-8+,44-33-/t24-,26-,32+,35-,41-/m1/s1. The van der Waals surface area contributed by atoms with Gasteiger partial charge in [0.1, 0.15) is 41.8 Å². The minimum atomic E-state index is -1.16. The number of thiophene rings is 1. The van der Waals surface area contributed by atoms with E-state index in [4.69, 9.17) is 14.7 Å². The number of carbonyl (C=O) groups is 4. The van der Waals surface area contributed by atoms with Gasteiger partial charge in [-0.15, -0.1) is 17.9 Å². The van der Waals surface area contributed by atoms with Crippen LogP contribution in [0.25, 0.3) is 17.2 Å². The second-order valence-electron chi connectivity index (χ2n) is 15.6. The van der Waals surface area contributed by atoms with Crippen molar-refractivity contribution in [3.8, 4) is 16.9 Å². The molecule has 5 aliphatic rings. The van der Waals surface area contributed by atoms with Crippen LogP contribution in [0.2, 0.25) is 0 Å². The van der Waals surface area contributed by atoms with Crippen LogP contribution in [0.4, 0.5) is 0 Å². The van der Waals surface area contributed by atoms with E-state index < -0.39 is 46.9 Å². The highest BCUT2D eigenvalue weighted by Gasteiger charge is 2.61. The number of oxime groups is 1. The van der Waals surface area contributed by atoms with Crippen molar-refractivity contribution in [2.45, 2.75) is 75.4 Å². The van der Waals surface area contributed by atoms with E-state index in [0.717, 1.165) is 35.1 Å². The molecule has 2 aliphatic heterocycles. The van der Waals surface area contributed by atoms with E-state index in [0.29, 0.717) is 33.6 Å². The zero-order valence-corrected chi connectivity index (χ0v) is 32.1. The number of ether oxygens (including phenoxy) is 1. The predicted octanol–water partition coefficient (Wildman–Crippen LogP) is 5.71. The Kier molecular flexibility index (Phi) is 9.41. The van der Waals surface area contributed by atoms with Crippen LogP contribution in [0, 0.1) is 11.3 Å². The molecule has 5 atom stereocenters. The number of carbonyl (C=O) groups excluding carboxylic acids is 4. The fourth-order valence-electron chi connectivity index (χ4n) is 7.42. The Morgan fingerprint density at radius 1 is 1.09 bits per heavy atom. The van der Waals surface area contributed by atoms with Gasteiger partial charge in [0.15, 0.2) is 0 Å². The van der Waals surface area contributed by atoms with E-state index in [9.17, 15) is 19.2 Å². The van der Waals surface area contributed by atoms with Gasteiger partial charge in [-0.1, -0.05) is 62.3 Å². The van der Waals surface area contributed by atoms with E-state index >= 15 is 0 Å². The molecular weight excluding hydrogens is 723 g/mol. The van der Waals surface area contributed by atoms with Crippen molar-refractivity contribution >= 4 is 58.7 Å². The molecule has 4 bridgehead atoms. The van der Waals surface area contributed by atoms with Gasteiger partial charge in [0.25, 0.3) is 11.8 Å². The summed E-state index contributed by atoms with van der Waals surface area (Å²) >= 11 is 2.67. The molecule has 0 spiro atoms. The molecule has 280 valence electrons. The minimum Gasteiger partial charge on any atom is -0.490 e. The van der Waals surface area contributed by atoms with Crippen molar-refractivity contribution in [2.75, 3.05) is 13.2 Å². The van der Waals surface area contributed by atoms with Gasteiger partial charge in [0, 0.05) is 28.7 Å². The molecular formula is C41H43N5O6S2. The van der Waals surface area contributed by atoms with Crippen LogP contribution >= 0.6 is 23.3 Å². The summed E-state index contributed by atoms with van der Waals surface area (Å²) in [5.41, 5.74) is 3.20. The largest absolute Gasteiger partial charge is 0.490 e. The Morgan fingerprint density at radius 3 is 2.61 bits per heavy atom. The fourth-order valence-corrected chi connectivity index (χ4v) is 9.04. The van der Waals surface area contributed by atoms with Gasteiger partial charge in [-0.3, -0.25) is 23.9 Å². The fraction of sp³-hybridized carbons (Fsp3) is 0.390. The van der Waals surface area contributed by atoms with E-state index in [1.165, 1.54) is 28.2 Å². The molecule has 13 heteroatoms.